The SMILES string of the molecule is CON(C)C(=O)c1cnc2[nH]ncc2c1NC1CCCCC1. The first-order valence-corrected chi connectivity index (χ1v) is 7.61. The second kappa shape index (κ2) is 6.31. The van der Waals surface area contributed by atoms with Gasteiger partial charge in [0.2, 0.25) is 0 Å². The van der Waals surface area contributed by atoms with Gasteiger partial charge >= 0.3 is 0 Å². The third-order valence-electron chi connectivity index (χ3n) is 4.22. The van der Waals surface area contributed by atoms with E-state index in [1.807, 2.05) is 0 Å². The number of hydrogen-bond donors (Lipinski definition) is 2. The molecule has 2 N–H and O–H groups in total. The summed E-state index contributed by atoms with van der Waals surface area (Å²) in [5, 5.41) is 12.5. The van der Waals surface area contributed by atoms with Crippen LogP contribution in [-0.4, -0.2) is 46.4 Å². The van der Waals surface area contributed by atoms with Crippen molar-refractivity contribution in [2.75, 3.05) is 19.5 Å². The van der Waals surface area contributed by atoms with Crippen molar-refractivity contribution in [2.24, 2.45) is 0 Å². The molecule has 2 heterocycles. The van der Waals surface area contributed by atoms with Crippen LogP contribution in [0.1, 0.15) is 42.5 Å². The number of aromatic amines is 1. The van der Waals surface area contributed by atoms with Crippen molar-refractivity contribution in [1.82, 2.24) is 20.2 Å². The molecule has 7 nitrogen and oxygen atoms in total. The Morgan fingerprint density at radius 2 is 2.14 bits per heavy atom. The molecule has 3 rings (SSSR count). The van der Waals surface area contributed by atoms with Crippen LogP contribution in [0.15, 0.2) is 12.4 Å². The molecule has 2 aromatic heterocycles. The van der Waals surface area contributed by atoms with E-state index in [2.05, 4.69) is 20.5 Å². The first-order chi connectivity index (χ1) is 10.7. The Bertz CT molecular complexity index is 663. The molecular formula is C15H21N5O2. The molecule has 0 atom stereocenters. The molecule has 0 aliphatic heterocycles. The minimum Gasteiger partial charge on any atom is -0.381 e. The molecule has 0 aromatic carbocycles. The molecule has 1 aliphatic carbocycles. The first kappa shape index (κ1) is 14.8. The molecule has 0 unspecified atom stereocenters. The minimum atomic E-state index is -0.226. The topological polar surface area (TPSA) is 83.1 Å². The highest BCUT2D eigenvalue weighted by atomic mass is 16.7. The van der Waals surface area contributed by atoms with Gasteiger partial charge in [-0.25, -0.2) is 10.0 Å². The Morgan fingerprint density at radius 3 is 2.86 bits per heavy atom. The summed E-state index contributed by atoms with van der Waals surface area (Å²) in [7, 11) is 3.06. The Hall–Kier alpha value is -2.15. The number of H-pyrrole nitrogens is 1. The maximum Gasteiger partial charge on any atom is 0.280 e. The zero-order valence-electron chi connectivity index (χ0n) is 12.9. The van der Waals surface area contributed by atoms with Crippen LogP contribution in [0.4, 0.5) is 5.69 Å². The van der Waals surface area contributed by atoms with Gasteiger partial charge in [0.15, 0.2) is 5.65 Å². The van der Waals surface area contributed by atoms with Crippen LogP contribution in [0.5, 0.6) is 0 Å². The third-order valence-corrected chi connectivity index (χ3v) is 4.22. The summed E-state index contributed by atoms with van der Waals surface area (Å²) >= 11 is 0. The number of amides is 1. The zero-order valence-corrected chi connectivity index (χ0v) is 12.9. The van der Waals surface area contributed by atoms with Crippen LogP contribution < -0.4 is 5.32 Å². The zero-order chi connectivity index (χ0) is 15.5. The largest absolute Gasteiger partial charge is 0.381 e. The van der Waals surface area contributed by atoms with Crippen LogP contribution in [0.25, 0.3) is 11.0 Å². The second-order valence-electron chi connectivity index (χ2n) is 5.64. The van der Waals surface area contributed by atoms with Crippen molar-refractivity contribution in [1.29, 1.82) is 0 Å². The van der Waals surface area contributed by atoms with Gasteiger partial charge in [-0.2, -0.15) is 5.10 Å². The van der Waals surface area contributed by atoms with E-state index in [1.54, 1.807) is 19.4 Å². The lowest BCUT2D eigenvalue weighted by atomic mass is 9.95. The van der Waals surface area contributed by atoms with Crippen molar-refractivity contribution in [3.63, 3.8) is 0 Å². The average molecular weight is 303 g/mol. The number of carbonyl (C=O) groups is 1. The van der Waals surface area contributed by atoms with Gasteiger partial charge < -0.3 is 5.32 Å². The van der Waals surface area contributed by atoms with E-state index >= 15 is 0 Å². The van der Waals surface area contributed by atoms with E-state index in [9.17, 15) is 4.79 Å². The number of pyridine rings is 1. The van der Waals surface area contributed by atoms with Gasteiger partial charge in [0.25, 0.3) is 5.91 Å². The highest BCUT2D eigenvalue weighted by Crippen LogP contribution is 2.29. The normalized spacial score (nSPS) is 15.9. The monoisotopic (exact) mass is 303 g/mol. The number of hydroxylamine groups is 2. The molecule has 22 heavy (non-hydrogen) atoms. The molecule has 1 fully saturated rings. The van der Waals surface area contributed by atoms with E-state index in [0.29, 0.717) is 17.3 Å². The minimum absolute atomic E-state index is 0.226. The molecule has 0 spiro atoms. The van der Waals surface area contributed by atoms with Gasteiger partial charge in [-0.3, -0.25) is 14.7 Å². The third kappa shape index (κ3) is 2.76. The van der Waals surface area contributed by atoms with Gasteiger partial charge in [0.05, 0.1) is 29.9 Å². The van der Waals surface area contributed by atoms with E-state index < -0.39 is 0 Å². The standard InChI is InChI=1S/C15H21N5O2/c1-20(22-2)15(21)12-8-16-14-11(9-17-19-14)13(12)18-10-6-4-3-5-7-10/h8-10H,3-7H2,1-2H3,(H2,16,17,18,19). The van der Waals surface area contributed by atoms with Crippen LogP contribution in [0.3, 0.4) is 0 Å². The van der Waals surface area contributed by atoms with Gasteiger partial charge in [0, 0.05) is 19.3 Å². The van der Waals surface area contributed by atoms with Crippen molar-refractivity contribution >= 4 is 22.6 Å². The highest BCUT2D eigenvalue weighted by molar-refractivity contribution is 6.05. The molecule has 2 aromatic rings. The van der Waals surface area contributed by atoms with Crippen LogP contribution >= 0.6 is 0 Å². The predicted octanol–water partition coefficient (Wildman–Crippen LogP) is 2.34. The van der Waals surface area contributed by atoms with Crippen molar-refractivity contribution in [3.05, 3.63) is 18.0 Å². The lowest BCUT2D eigenvalue weighted by molar-refractivity contribution is -0.0756. The predicted molar refractivity (Wildman–Crippen MR) is 83.5 cm³/mol. The summed E-state index contributed by atoms with van der Waals surface area (Å²) in [6.07, 6.45) is 9.25. The summed E-state index contributed by atoms with van der Waals surface area (Å²) in [5.41, 5.74) is 1.97. The fourth-order valence-corrected chi connectivity index (χ4v) is 2.92. The van der Waals surface area contributed by atoms with E-state index in [4.69, 9.17) is 4.84 Å². The molecule has 1 saturated carbocycles. The number of rotatable bonds is 4. The van der Waals surface area contributed by atoms with Crippen LogP contribution in [0.2, 0.25) is 0 Å². The summed E-state index contributed by atoms with van der Waals surface area (Å²) in [5.74, 6) is -0.226. The number of nitrogens with zero attached hydrogens (tertiary/aromatic N) is 3. The molecule has 7 heteroatoms. The quantitative estimate of drug-likeness (QED) is 0.847. The Balaban J connectivity index is 1.99. The second-order valence-corrected chi connectivity index (χ2v) is 5.64. The summed E-state index contributed by atoms with van der Waals surface area (Å²) in [6.45, 7) is 0. The Labute approximate surface area is 129 Å². The van der Waals surface area contributed by atoms with Crippen LogP contribution in [-0.2, 0) is 4.84 Å². The number of hydrogen-bond acceptors (Lipinski definition) is 5. The first-order valence-electron chi connectivity index (χ1n) is 7.61. The Morgan fingerprint density at radius 1 is 1.36 bits per heavy atom. The number of nitrogens with one attached hydrogen (secondary N) is 2. The molecule has 1 aliphatic rings. The number of aromatic nitrogens is 3. The van der Waals surface area contributed by atoms with Crippen LogP contribution in [0, 0.1) is 0 Å². The summed E-state index contributed by atoms with van der Waals surface area (Å²) in [6, 6.07) is 0.383. The van der Waals surface area contributed by atoms with Gasteiger partial charge in [-0.15, -0.1) is 0 Å². The lowest BCUT2D eigenvalue weighted by Crippen LogP contribution is -2.28. The summed E-state index contributed by atoms with van der Waals surface area (Å²) in [4.78, 5) is 21.8. The van der Waals surface area contributed by atoms with Gasteiger partial charge in [-0.1, -0.05) is 19.3 Å². The average Bonchev–Trinajstić information content (AvgIpc) is 3.04. The van der Waals surface area contributed by atoms with E-state index in [-0.39, 0.29) is 5.91 Å². The number of anilines is 1. The van der Waals surface area contributed by atoms with Gasteiger partial charge in [-0.05, 0) is 12.8 Å². The molecule has 0 bridgehead atoms. The molecular weight excluding hydrogens is 282 g/mol. The highest BCUT2D eigenvalue weighted by Gasteiger charge is 2.22. The molecule has 118 valence electrons. The van der Waals surface area contributed by atoms with E-state index in [0.717, 1.165) is 23.9 Å². The lowest BCUT2D eigenvalue weighted by Gasteiger charge is -2.25. The number of fused-ring (bicyclic) bond motifs is 1. The van der Waals surface area contributed by atoms with Crippen molar-refractivity contribution in [2.45, 2.75) is 38.1 Å². The van der Waals surface area contributed by atoms with E-state index in [1.165, 1.54) is 31.4 Å². The van der Waals surface area contributed by atoms with Gasteiger partial charge in [0.1, 0.15) is 0 Å². The fraction of sp³-hybridized carbons (Fsp3) is 0.533. The maximum absolute atomic E-state index is 12.5. The fourth-order valence-electron chi connectivity index (χ4n) is 2.92. The van der Waals surface area contributed by atoms with Crippen molar-refractivity contribution < 1.29 is 9.63 Å². The molecule has 0 saturated heterocycles. The molecule has 1 amide bonds. The number of carbonyl (C=O) groups excluding carboxylic acids is 1. The Kier molecular flexibility index (Phi) is 4.24. The maximum atomic E-state index is 12.5. The van der Waals surface area contributed by atoms with Crippen molar-refractivity contribution in [3.8, 4) is 0 Å². The smallest absolute Gasteiger partial charge is 0.280 e. The molecule has 0 radical (unpaired) electrons. The summed E-state index contributed by atoms with van der Waals surface area (Å²) < 4.78 is 0.